The highest BCUT2D eigenvalue weighted by Crippen LogP contribution is 2.19. The Bertz CT molecular complexity index is 683. The number of amides is 1. The summed E-state index contributed by atoms with van der Waals surface area (Å²) in [5, 5.41) is 9.86. The first kappa shape index (κ1) is 16.5. The van der Waals surface area contributed by atoms with Crippen molar-refractivity contribution in [3.63, 3.8) is 0 Å². The second-order valence-electron chi connectivity index (χ2n) is 6.41. The Kier molecular flexibility index (Phi) is 4.82. The highest BCUT2D eigenvalue weighted by Gasteiger charge is 2.26. The highest BCUT2D eigenvalue weighted by atomic mass is 16.1. The van der Waals surface area contributed by atoms with Crippen LogP contribution in [0.2, 0.25) is 0 Å². The zero-order chi connectivity index (χ0) is 17.1. The molecular weight excluding hydrogens is 304 g/mol. The fourth-order valence-corrected chi connectivity index (χ4v) is 3.10. The number of rotatable bonds is 5. The predicted octanol–water partition coefficient (Wildman–Crippen LogP) is 0.531. The van der Waals surface area contributed by atoms with Crippen LogP contribution < -0.4 is 27.4 Å². The summed E-state index contributed by atoms with van der Waals surface area (Å²) in [7, 11) is 0. The first-order valence-electron chi connectivity index (χ1n) is 8.20. The van der Waals surface area contributed by atoms with Gasteiger partial charge in [-0.05, 0) is 43.9 Å². The van der Waals surface area contributed by atoms with Crippen molar-refractivity contribution >= 4 is 17.8 Å². The van der Waals surface area contributed by atoms with Gasteiger partial charge in [-0.2, -0.15) is 0 Å². The average Bonchev–Trinajstić information content (AvgIpc) is 2.92. The van der Waals surface area contributed by atoms with E-state index in [-0.39, 0.29) is 12.3 Å². The minimum absolute atomic E-state index is 0.247. The maximum absolute atomic E-state index is 11.7. The molecule has 7 heteroatoms. The molecule has 1 heterocycles. The van der Waals surface area contributed by atoms with E-state index in [1.165, 1.54) is 6.21 Å². The van der Waals surface area contributed by atoms with E-state index in [4.69, 9.17) is 11.5 Å². The molecule has 1 aliphatic carbocycles. The van der Waals surface area contributed by atoms with Gasteiger partial charge in [0.05, 0.1) is 5.57 Å². The molecule has 1 saturated carbocycles. The molecule has 3 atom stereocenters. The van der Waals surface area contributed by atoms with E-state index in [1.807, 2.05) is 31.2 Å². The van der Waals surface area contributed by atoms with Crippen molar-refractivity contribution in [3.05, 3.63) is 41.2 Å². The Morgan fingerprint density at radius 3 is 2.88 bits per heavy atom. The molecule has 1 aromatic rings. The number of benzene rings is 1. The van der Waals surface area contributed by atoms with Crippen LogP contribution in [0.4, 0.5) is 5.69 Å². The number of aryl methyl sites for hydroxylation is 1. The maximum Gasteiger partial charge on any atom is 0.253 e. The van der Waals surface area contributed by atoms with Crippen LogP contribution in [-0.4, -0.2) is 30.5 Å². The van der Waals surface area contributed by atoms with Gasteiger partial charge in [-0.1, -0.05) is 12.1 Å². The fraction of sp³-hybridized carbons (Fsp3) is 0.412. The van der Waals surface area contributed by atoms with Crippen LogP contribution in [0.3, 0.4) is 0 Å². The lowest BCUT2D eigenvalue weighted by Gasteiger charge is -2.27. The van der Waals surface area contributed by atoms with Crippen LogP contribution >= 0.6 is 0 Å². The van der Waals surface area contributed by atoms with E-state index in [0.717, 1.165) is 30.5 Å². The van der Waals surface area contributed by atoms with E-state index in [1.54, 1.807) is 0 Å². The molecule has 7 N–H and O–H groups in total. The van der Waals surface area contributed by atoms with E-state index < -0.39 is 5.91 Å². The van der Waals surface area contributed by atoms with Crippen molar-refractivity contribution < 1.29 is 4.79 Å². The summed E-state index contributed by atoms with van der Waals surface area (Å²) in [6.07, 6.45) is 4.19. The summed E-state index contributed by atoms with van der Waals surface area (Å²) in [5.41, 5.74) is 13.8. The predicted molar refractivity (Wildman–Crippen MR) is 95.2 cm³/mol. The topological polar surface area (TPSA) is 118 Å². The largest absolute Gasteiger partial charge is 0.365 e. The number of nitrogens with two attached hydrogens (primary N) is 2. The van der Waals surface area contributed by atoms with Gasteiger partial charge in [0.25, 0.3) is 5.91 Å². The lowest BCUT2D eigenvalue weighted by Crippen LogP contribution is -2.49. The Balaban J connectivity index is 1.73. The molecule has 0 radical (unpaired) electrons. The van der Waals surface area contributed by atoms with Crippen LogP contribution in [0.5, 0.6) is 0 Å². The molecule has 1 unspecified atom stereocenters. The lowest BCUT2D eigenvalue weighted by molar-refractivity contribution is -0.114. The van der Waals surface area contributed by atoms with Gasteiger partial charge in [0, 0.05) is 24.0 Å². The monoisotopic (exact) mass is 328 g/mol. The summed E-state index contributed by atoms with van der Waals surface area (Å²) in [4.78, 5) is 16.0. The highest BCUT2D eigenvalue weighted by molar-refractivity contribution is 6.12. The van der Waals surface area contributed by atoms with Gasteiger partial charge >= 0.3 is 0 Å². The van der Waals surface area contributed by atoms with Crippen molar-refractivity contribution in [3.8, 4) is 0 Å². The maximum atomic E-state index is 11.7. The number of carbonyl (C=O) groups is 1. The normalized spacial score (nSPS) is 26.3. The summed E-state index contributed by atoms with van der Waals surface area (Å²) in [6.45, 7) is 2.01. The number of nitrogens with zero attached hydrogens (tertiary/aromatic N) is 1. The molecule has 1 amide bonds. The number of anilines is 1. The Morgan fingerprint density at radius 1 is 1.38 bits per heavy atom. The van der Waals surface area contributed by atoms with Crippen LogP contribution in [0, 0.1) is 6.92 Å². The van der Waals surface area contributed by atoms with E-state index in [9.17, 15) is 4.79 Å². The molecule has 3 rings (SSSR count). The minimum Gasteiger partial charge on any atom is -0.365 e. The van der Waals surface area contributed by atoms with Crippen LogP contribution in [-0.2, 0) is 4.79 Å². The lowest BCUT2D eigenvalue weighted by atomic mass is 10.2. The number of hydrogen-bond acceptors (Lipinski definition) is 6. The average molecular weight is 328 g/mol. The molecule has 0 aromatic heterocycles. The van der Waals surface area contributed by atoms with E-state index in [0.29, 0.717) is 17.4 Å². The van der Waals surface area contributed by atoms with Gasteiger partial charge in [0.1, 0.15) is 5.82 Å². The summed E-state index contributed by atoms with van der Waals surface area (Å²) < 4.78 is 0. The molecule has 1 fully saturated rings. The molecule has 1 aromatic carbocycles. The third-order valence-electron chi connectivity index (χ3n) is 4.32. The van der Waals surface area contributed by atoms with Gasteiger partial charge in [-0.15, -0.1) is 0 Å². The molecule has 0 saturated heterocycles. The second kappa shape index (κ2) is 7.02. The SMILES string of the molecule is Cc1cccc(NC2=C(C(N)=O)C=NC(N[C@H]3CC[C@@H](N)C3)N2)c1. The van der Waals surface area contributed by atoms with Gasteiger partial charge in [-0.25, -0.2) is 0 Å². The molecule has 128 valence electrons. The molecular formula is C17H24N6O. The Morgan fingerprint density at radius 2 is 2.21 bits per heavy atom. The molecule has 1 aliphatic heterocycles. The number of hydrogen-bond donors (Lipinski definition) is 5. The third kappa shape index (κ3) is 3.93. The smallest absolute Gasteiger partial charge is 0.253 e. The van der Waals surface area contributed by atoms with Crippen LogP contribution in [0.15, 0.2) is 40.7 Å². The van der Waals surface area contributed by atoms with Crippen LogP contribution in [0.1, 0.15) is 24.8 Å². The van der Waals surface area contributed by atoms with Gasteiger partial charge in [0.15, 0.2) is 6.29 Å². The summed E-state index contributed by atoms with van der Waals surface area (Å²) in [6, 6.07) is 8.47. The third-order valence-corrected chi connectivity index (χ3v) is 4.32. The quantitative estimate of drug-likeness (QED) is 0.540. The van der Waals surface area contributed by atoms with Crippen molar-refractivity contribution in [2.45, 2.75) is 44.6 Å². The van der Waals surface area contributed by atoms with Crippen molar-refractivity contribution in [1.29, 1.82) is 0 Å². The zero-order valence-electron chi connectivity index (χ0n) is 13.8. The molecule has 0 bridgehead atoms. The fourth-order valence-electron chi connectivity index (χ4n) is 3.10. The first-order valence-corrected chi connectivity index (χ1v) is 8.20. The molecule has 2 aliphatic rings. The van der Waals surface area contributed by atoms with Crippen molar-refractivity contribution in [1.82, 2.24) is 10.6 Å². The van der Waals surface area contributed by atoms with Crippen molar-refractivity contribution in [2.24, 2.45) is 16.5 Å². The van der Waals surface area contributed by atoms with E-state index >= 15 is 0 Å². The molecule has 7 nitrogen and oxygen atoms in total. The summed E-state index contributed by atoms with van der Waals surface area (Å²) >= 11 is 0. The number of primary amides is 1. The van der Waals surface area contributed by atoms with Crippen LogP contribution in [0.25, 0.3) is 0 Å². The molecule has 24 heavy (non-hydrogen) atoms. The zero-order valence-corrected chi connectivity index (χ0v) is 13.8. The minimum atomic E-state index is -0.525. The number of nitrogens with one attached hydrogen (secondary N) is 3. The second-order valence-corrected chi connectivity index (χ2v) is 6.41. The van der Waals surface area contributed by atoms with Gasteiger partial charge < -0.3 is 22.1 Å². The first-order chi connectivity index (χ1) is 11.5. The van der Waals surface area contributed by atoms with E-state index in [2.05, 4.69) is 20.9 Å². The number of aliphatic imine (C=N–C) groups is 1. The van der Waals surface area contributed by atoms with Crippen molar-refractivity contribution in [2.75, 3.05) is 5.32 Å². The number of carbonyl (C=O) groups excluding carboxylic acids is 1. The van der Waals surface area contributed by atoms with Gasteiger partial charge in [0.2, 0.25) is 0 Å². The Hall–Kier alpha value is -2.38. The van der Waals surface area contributed by atoms with Gasteiger partial charge in [-0.3, -0.25) is 15.1 Å². The standard InChI is InChI=1S/C17H24N6O/c1-10-3-2-4-12(7-10)21-16-14(15(19)24)9-20-17(23-16)22-13-6-5-11(18)8-13/h2-4,7,9,11,13,17,21-23H,5-6,8,18H2,1H3,(H2,19,24)/t11-,13+,17?/m1/s1. The Labute approximate surface area is 141 Å². The summed E-state index contributed by atoms with van der Waals surface area (Å²) in [5.74, 6) is 0.0330. The molecule has 0 spiro atoms.